The molecular weight excluding hydrogens is 246 g/mol. The summed E-state index contributed by atoms with van der Waals surface area (Å²) in [6.45, 7) is 2.03. The molecule has 1 heterocycles. The molecule has 0 fully saturated rings. The molecule has 0 aliphatic heterocycles. The molecule has 0 atom stereocenters. The van der Waals surface area contributed by atoms with Crippen LogP contribution in [0.2, 0.25) is 0 Å². The minimum Gasteiger partial charge on any atom is -0.409 e. The molecule has 0 radical (unpaired) electrons. The number of nitrogens with two attached hydrogens (primary N) is 1. The van der Waals surface area contributed by atoms with Crippen LogP contribution in [0.1, 0.15) is 19.2 Å². The van der Waals surface area contributed by atoms with Crippen molar-refractivity contribution >= 4 is 15.7 Å². The van der Waals surface area contributed by atoms with Gasteiger partial charge in [-0.1, -0.05) is 12.1 Å². The zero-order valence-electron chi connectivity index (χ0n) is 9.44. The lowest BCUT2D eigenvalue weighted by molar-refractivity contribution is 0.318. The standard InChI is InChI=1S/C8H15N5O3S/c1-2-17(15,16)5-3-4-13-6-10-8(11-13)7(9)12-14/h6,14H,2-5H2,1H3,(H2,9,12). The fraction of sp³-hybridized carbons (Fsp3) is 0.625. The van der Waals surface area contributed by atoms with Crippen molar-refractivity contribution in [3.63, 3.8) is 0 Å². The van der Waals surface area contributed by atoms with Gasteiger partial charge in [-0.05, 0) is 6.42 Å². The Morgan fingerprint density at radius 1 is 1.65 bits per heavy atom. The molecule has 96 valence electrons. The van der Waals surface area contributed by atoms with Crippen molar-refractivity contribution in [3.05, 3.63) is 12.2 Å². The lowest BCUT2D eigenvalue weighted by atomic mass is 10.5. The van der Waals surface area contributed by atoms with E-state index in [0.717, 1.165) is 0 Å². The lowest BCUT2D eigenvalue weighted by Crippen LogP contribution is -2.16. The Labute approximate surface area is 99.1 Å². The quantitative estimate of drug-likeness (QED) is 0.299. The first-order valence-corrected chi connectivity index (χ1v) is 6.88. The summed E-state index contributed by atoms with van der Waals surface area (Å²) in [6, 6.07) is 0. The van der Waals surface area contributed by atoms with Crippen LogP contribution in [-0.2, 0) is 16.4 Å². The third-order valence-electron chi connectivity index (χ3n) is 2.16. The van der Waals surface area contributed by atoms with Crippen molar-refractivity contribution in [1.29, 1.82) is 0 Å². The Bertz CT molecular complexity index is 493. The van der Waals surface area contributed by atoms with E-state index in [2.05, 4.69) is 15.2 Å². The van der Waals surface area contributed by atoms with Crippen LogP contribution in [0, 0.1) is 0 Å². The van der Waals surface area contributed by atoms with Crippen LogP contribution in [0.4, 0.5) is 0 Å². The van der Waals surface area contributed by atoms with Gasteiger partial charge in [0.2, 0.25) is 11.7 Å². The van der Waals surface area contributed by atoms with Crippen molar-refractivity contribution in [2.75, 3.05) is 11.5 Å². The first kappa shape index (κ1) is 13.4. The van der Waals surface area contributed by atoms with Gasteiger partial charge < -0.3 is 10.9 Å². The van der Waals surface area contributed by atoms with Gasteiger partial charge in [0.25, 0.3) is 0 Å². The van der Waals surface area contributed by atoms with Crippen LogP contribution in [0.3, 0.4) is 0 Å². The first-order chi connectivity index (χ1) is 7.98. The molecule has 1 rings (SSSR count). The zero-order valence-corrected chi connectivity index (χ0v) is 10.3. The smallest absolute Gasteiger partial charge is 0.219 e. The number of aromatic nitrogens is 3. The predicted octanol–water partition coefficient (Wildman–Crippen LogP) is -0.803. The average Bonchev–Trinajstić information content (AvgIpc) is 2.76. The SMILES string of the molecule is CCS(=O)(=O)CCCn1cnc(C(N)=NO)n1. The number of hydrogen-bond acceptors (Lipinski definition) is 6. The van der Waals surface area contributed by atoms with E-state index in [1.165, 1.54) is 11.0 Å². The zero-order chi connectivity index (χ0) is 12.9. The predicted molar refractivity (Wildman–Crippen MR) is 61.5 cm³/mol. The van der Waals surface area contributed by atoms with E-state index in [9.17, 15) is 8.42 Å². The van der Waals surface area contributed by atoms with E-state index in [1.54, 1.807) is 6.92 Å². The maximum atomic E-state index is 11.2. The number of aryl methyl sites for hydroxylation is 1. The maximum absolute atomic E-state index is 11.2. The highest BCUT2D eigenvalue weighted by Gasteiger charge is 2.09. The van der Waals surface area contributed by atoms with Gasteiger partial charge in [0.1, 0.15) is 16.2 Å². The molecule has 8 nitrogen and oxygen atoms in total. The van der Waals surface area contributed by atoms with Gasteiger partial charge in [-0.3, -0.25) is 4.68 Å². The number of amidine groups is 1. The Balaban J connectivity index is 2.51. The molecule has 1 aromatic heterocycles. The molecule has 0 saturated carbocycles. The molecule has 0 spiro atoms. The van der Waals surface area contributed by atoms with Crippen molar-refractivity contribution < 1.29 is 13.6 Å². The number of sulfone groups is 1. The van der Waals surface area contributed by atoms with Crippen LogP contribution < -0.4 is 5.73 Å². The maximum Gasteiger partial charge on any atom is 0.219 e. The van der Waals surface area contributed by atoms with E-state index in [1.807, 2.05) is 0 Å². The molecule has 0 aromatic carbocycles. The summed E-state index contributed by atoms with van der Waals surface area (Å²) < 4.78 is 23.9. The molecule has 0 saturated heterocycles. The Hall–Kier alpha value is -1.64. The minimum absolute atomic E-state index is 0.113. The molecule has 17 heavy (non-hydrogen) atoms. The van der Waals surface area contributed by atoms with Crippen LogP contribution in [0.5, 0.6) is 0 Å². The average molecular weight is 261 g/mol. The summed E-state index contributed by atoms with van der Waals surface area (Å²) in [5, 5.41) is 15.1. The second-order valence-corrected chi connectivity index (χ2v) is 5.88. The fourth-order valence-corrected chi connectivity index (χ4v) is 2.01. The number of rotatable bonds is 6. The Morgan fingerprint density at radius 3 is 2.94 bits per heavy atom. The van der Waals surface area contributed by atoms with Gasteiger partial charge >= 0.3 is 0 Å². The summed E-state index contributed by atoms with van der Waals surface area (Å²) in [4.78, 5) is 3.81. The summed E-state index contributed by atoms with van der Waals surface area (Å²) >= 11 is 0. The second-order valence-electron chi connectivity index (χ2n) is 3.41. The van der Waals surface area contributed by atoms with E-state index < -0.39 is 9.84 Å². The molecule has 0 amide bonds. The van der Waals surface area contributed by atoms with E-state index in [4.69, 9.17) is 10.9 Å². The highest BCUT2D eigenvalue weighted by molar-refractivity contribution is 7.91. The summed E-state index contributed by atoms with van der Waals surface area (Å²) in [5.41, 5.74) is 5.29. The molecule has 9 heteroatoms. The monoisotopic (exact) mass is 261 g/mol. The molecule has 0 unspecified atom stereocenters. The normalized spacial score (nSPS) is 12.9. The fourth-order valence-electron chi connectivity index (χ4n) is 1.16. The first-order valence-electron chi connectivity index (χ1n) is 5.06. The van der Waals surface area contributed by atoms with E-state index in [-0.39, 0.29) is 23.2 Å². The minimum atomic E-state index is -2.95. The molecule has 1 aromatic rings. The van der Waals surface area contributed by atoms with Gasteiger partial charge in [0.15, 0.2) is 0 Å². The summed E-state index contributed by atoms with van der Waals surface area (Å²) in [7, 11) is -2.95. The van der Waals surface area contributed by atoms with Gasteiger partial charge in [0, 0.05) is 12.3 Å². The highest BCUT2D eigenvalue weighted by atomic mass is 32.2. The lowest BCUT2D eigenvalue weighted by Gasteiger charge is -2.01. The van der Waals surface area contributed by atoms with Crippen LogP contribution in [-0.4, -0.2) is 45.7 Å². The van der Waals surface area contributed by atoms with Gasteiger partial charge in [-0.2, -0.15) is 0 Å². The molecular formula is C8H15N5O3S. The topological polar surface area (TPSA) is 123 Å². The van der Waals surface area contributed by atoms with E-state index >= 15 is 0 Å². The van der Waals surface area contributed by atoms with Crippen molar-refractivity contribution in [1.82, 2.24) is 14.8 Å². The van der Waals surface area contributed by atoms with Crippen LogP contribution in [0.25, 0.3) is 0 Å². The molecule has 0 bridgehead atoms. The highest BCUT2D eigenvalue weighted by Crippen LogP contribution is 1.97. The van der Waals surface area contributed by atoms with Gasteiger partial charge in [-0.15, -0.1) is 5.10 Å². The Morgan fingerprint density at radius 2 is 2.35 bits per heavy atom. The number of oxime groups is 1. The largest absolute Gasteiger partial charge is 0.409 e. The van der Waals surface area contributed by atoms with Gasteiger partial charge in [-0.25, -0.2) is 13.4 Å². The van der Waals surface area contributed by atoms with Crippen LogP contribution in [0.15, 0.2) is 11.5 Å². The van der Waals surface area contributed by atoms with E-state index in [0.29, 0.717) is 13.0 Å². The van der Waals surface area contributed by atoms with Crippen LogP contribution >= 0.6 is 0 Å². The summed E-state index contributed by atoms with van der Waals surface area (Å²) in [5.74, 6) is 0.193. The molecule has 0 aliphatic rings. The van der Waals surface area contributed by atoms with Crippen molar-refractivity contribution in [2.45, 2.75) is 19.9 Å². The molecule has 3 N–H and O–H groups in total. The third-order valence-corrected chi connectivity index (χ3v) is 3.95. The summed E-state index contributed by atoms with van der Waals surface area (Å²) in [6.07, 6.45) is 1.86. The molecule has 0 aliphatic carbocycles. The van der Waals surface area contributed by atoms with Crippen molar-refractivity contribution in [2.24, 2.45) is 10.9 Å². The number of nitrogens with zero attached hydrogens (tertiary/aromatic N) is 4. The second kappa shape index (κ2) is 5.62. The Kier molecular flexibility index (Phi) is 4.44. The van der Waals surface area contributed by atoms with Crippen molar-refractivity contribution in [3.8, 4) is 0 Å². The third kappa shape index (κ3) is 4.02. The van der Waals surface area contributed by atoms with Gasteiger partial charge in [0.05, 0.1) is 5.75 Å². The number of hydrogen-bond donors (Lipinski definition) is 2.